The predicted octanol–water partition coefficient (Wildman–Crippen LogP) is 2.82. The molecule has 1 amide bonds. The van der Waals surface area contributed by atoms with Crippen molar-refractivity contribution in [2.75, 3.05) is 26.2 Å². The lowest BCUT2D eigenvalue weighted by molar-refractivity contribution is 0.0698. The van der Waals surface area contributed by atoms with Crippen molar-refractivity contribution < 1.29 is 13.2 Å². The molecule has 4 aromatic rings. The Kier molecular flexibility index (Phi) is 5.57. The highest BCUT2D eigenvalue weighted by molar-refractivity contribution is 7.89. The molecule has 9 nitrogen and oxygen atoms in total. The lowest BCUT2D eigenvalue weighted by Gasteiger charge is -2.34. The van der Waals surface area contributed by atoms with Gasteiger partial charge >= 0.3 is 0 Å². The lowest BCUT2D eigenvalue weighted by atomic mass is 10.1. The molecule has 1 aromatic heterocycles. The number of hydrogen-bond donors (Lipinski definition) is 1. The molecule has 0 unspecified atom stereocenters. The van der Waals surface area contributed by atoms with Gasteiger partial charge in [-0.1, -0.05) is 48.0 Å². The molecule has 0 aliphatic carbocycles. The summed E-state index contributed by atoms with van der Waals surface area (Å²) in [5.41, 5.74) is 0.779. The molecule has 0 spiro atoms. The number of nitrogens with one attached hydrogen (secondary N) is 1. The second-order valence-corrected chi connectivity index (χ2v) is 9.92. The van der Waals surface area contributed by atoms with Crippen LogP contribution in [0.1, 0.15) is 10.4 Å². The molecule has 1 saturated heterocycles. The first-order valence-corrected chi connectivity index (χ1v) is 12.1. The Hall–Kier alpha value is -3.34. The molecule has 0 saturated carbocycles. The first kappa shape index (κ1) is 21.5. The Morgan fingerprint density at radius 3 is 2.30 bits per heavy atom. The maximum Gasteiger partial charge on any atom is 0.255 e. The number of sulfonamides is 1. The Labute approximate surface area is 195 Å². The fraction of sp³-hybridized carbons (Fsp3) is 0.182. The molecule has 1 fully saturated rings. The van der Waals surface area contributed by atoms with Crippen molar-refractivity contribution in [3.63, 3.8) is 0 Å². The summed E-state index contributed by atoms with van der Waals surface area (Å²) in [6.07, 6.45) is 0. The largest absolute Gasteiger partial charge is 0.336 e. The number of rotatable bonds is 4. The van der Waals surface area contributed by atoms with Crippen LogP contribution in [0, 0.1) is 0 Å². The molecule has 1 aliphatic rings. The molecule has 0 atom stereocenters. The van der Waals surface area contributed by atoms with Gasteiger partial charge in [0.1, 0.15) is 0 Å². The zero-order valence-electron chi connectivity index (χ0n) is 17.3. The molecule has 0 radical (unpaired) electrons. The van der Waals surface area contributed by atoms with Gasteiger partial charge in [-0.2, -0.15) is 9.52 Å². The third kappa shape index (κ3) is 3.97. The number of tetrazole rings is 1. The van der Waals surface area contributed by atoms with E-state index in [-0.39, 0.29) is 42.8 Å². The minimum Gasteiger partial charge on any atom is -0.336 e. The highest BCUT2D eigenvalue weighted by Gasteiger charge is 2.33. The number of benzene rings is 3. The number of fused-ring (bicyclic) bond motifs is 1. The molecule has 0 bridgehead atoms. The van der Waals surface area contributed by atoms with E-state index in [1.54, 1.807) is 35.2 Å². The van der Waals surface area contributed by atoms with Crippen LogP contribution in [0.15, 0.2) is 65.6 Å². The summed E-state index contributed by atoms with van der Waals surface area (Å²) in [4.78, 5) is 14.9. The van der Waals surface area contributed by atoms with Crippen LogP contribution < -0.4 is 0 Å². The number of hydrogen-bond acceptors (Lipinski definition) is 6. The van der Waals surface area contributed by atoms with E-state index < -0.39 is 10.0 Å². The third-order valence-electron chi connectivity index (χ3n) is 5.68. The van der Waals surface area contributed by atoms with Crippen LogP contribution in [-0.2, 0) is 10.0 Å². The standard InChI is InChI=1S/C22H19ClN6O3S/c23-19-14-16-6-2-1-5-15(16)13-18(19)22(30)28-9-11-29(12-10-28)33(31,32)20-8-4-3-7-17(20)21-24-26-27-25-21/h1-8,13-14H,9-12H2,(H,24,25,26,27). The average Bonchev–Trinajstić information content (AvgIpc) is 3.38. The monoisotopic (exact) mass is 482 g/mol. The summed E-state index contributed by atoms with van der Waals surface area (Å²) < 4.78 is 28.1. The lowest BCUT2D eigenvalue weighted by Crippen LogP contribution is -2.50. The van der Waals surface area contributed by atoms with Gasteiger partial charge in [0.05, 0.1) is 15.5 Å². The van der Waals surface area contributed by atoms with E-state index in [0.717, 1.165) is 10.8 Å². The zero-order chi connectivity index (χ0) is 23.0. The van der Waals surface area contributed by atoms with Crippen LogP contribution in [0.5, 0.6) is 0 Å². The summed E-state index contributed by atoms with van der Waals surface area (Å²) in [5.74, 6) is -0.0102. The molecule has 5 rings (SSSR count). The van der Waals surface area contributed by atoms with E-state index in [9.17, 15) is 13.2 Å². The van der Waals surface area contributed by atoms with Gasteiger partial charge in [-0.3, -0.25) is 4.79 Å². The normalized spacial score (nSPS) is 15.1. The molecule has 11 heteroatoms. The molecule has 1 aliphatic heterocycles. The van der Waals surface area contributed by atoms with Crippen LogP contribution >= 0.6 is 11.6 Å². The van der Waals surface area contributed by atoms with E-state index in [1.165, 1.54) is 10.4 Å². The van der Waals surface area contributed by atoms with Crippen LogP contribution in [0.25, 0.3) is 22.2 Å². The molecule has 2 heterocycles. The van der Waals surface area contributed by atoms with Gasteiger partial charge in [-0.15, -0.1) is 10.2 Å². The minimum absolute atomic E-state index is 0.101. The molecular weight excluding hydrogens is 464 g/mol. The number of piperazine rings is 1. The topological polar surface area (TPSA) is 112 Å². The van der Waals surface area contributed by atoms with Gasteiger partial charge in [0.15, 0.2) is 0 Å². The summed E-state index contributed by atoms with van der Waals surface area (Å²) >= 11 is 6.39. The predicted molar refractivity (Wildman–Crippen MR) is 123 cm³/mol. The molecular formula is C22H19ClN6O3S. The van der Waals surface area contributed by atoms with Crippen molar-refractivity contribution >= 4 is 38.3 Å². The highest BCUT2D eigenvalue weighted by Crippen LogP contribution is 2.29. The summed E-state index contributed by atoms with van der Waals surface area (Å²) in [7, 11) is -3.82. The van der Waals surface area contributed by atoms with Gasteiger partial charge < -0.3 is 4.90 Å². The highest BCUT2D eigenvalue weighted by atomic mass is 35.5. The fourth-order valence-electron chi connectivity index (χ4n) is 3.97. The van der Waals surface area contributed by atoms with E-state index in [1.807, 2.05) is 24.3 Å². The first-order chi connectivity index (χ1) is 15.9. The van der Waals surface area contributed by atoms with Crippen molar-refractivity contribution in [3.05, 3.63) is 71.2 Å². The van der Waals surface area contributed by atoms with Crippen molar-refractivity contribution in [1.29, 1.82) is 0 Å². The fourth-order valence-corrected chi connectivity index (χ4v) is 5.83. The van der Waals surface area contributed by atoms with Gasteiger partial charge in [-0.05, 0) is 40.3 Å². The number of H-pyrrole nitrogens is 1. The van der Waals surface area contributed by atoms with Gasteiger partial charge in [0, 0.05) is 31.7 Å². The molecule has 168 valence electrons. The Balaban J connectivity index is 1.36. The van der Waals surface area contributed by atoms with Crippen LogP contribution in [0.3, 0.4) is 0 Å². The second-order valence-electron chi connectivity index (χ2n) is 7.61. The van der Waals surface area contributed by atoms with E-state index in [4.69, 9.17) is 11.6 Å². The van der Waals surface area contributed by atoms with Crippen molar-refractivity contribution in [2.24, 2.45) is 0 Å². The SMILES string of the molecule is O=C(c1cc2ccccc2cc1Cl)N1CCN(S(=O)(=O)c2ccccc2-c2nn[nH]n2)CC1. The number of aromatic amines is 1. The summed E-state index contributed by atoms with van der Waals surface area (Å²) in [6.45, 7) is 0.844. The second kappa shape index (κ2) is 8.54. The quantitative estimate of drug-likeness (QED) is 0.478. The van der Waals surface area contributed by atoms with Crippen molar-refractivity contribution in [2.45, 2.75) is 4.90 Å². The Bertz CT molecular complexity index is 1430. The van der Waals surface area contributed by atoms with E-state index in [2.05, 4.69) is 20.6 Å². The molecule has 3 aromatic carbocycles. The number of nitrogens with zero attached hydrogens (tertiary/aromatic N) is 5. The summed E-state index contributed by atoms with van der Waals surface area (Å²) in [5, 5.41) is 15.9. The van der Waals surface area contributed by atoms with Crippen molar-refractivity contribution in [3.8, 4) is 11.4 Å². The van der Waals surface area contributed by atoms with E-state index in [0.29, 0.717) is 16.1 Å². The Morgan fingerprint density at radius 2 is 1.61 bits per heavy atom. The smallest absolute Gasteiger partial charge is 0.255 e. The van der Waals surface area contributed by atoms with Crippen LogP contribution in [-0.4, -0.2) is 70.3 Å². The number of aromatic nitrogens is 4. The summed E-state index contributed by atoms with van der Waals surface area (Å²) in [6, 6.07) is 17.8. The molecule has 33 heavy (non-hydrogen) atoms. The number of halogens is 1. The number of carbonyl (C=O) groups excluding carboxylic acids is 1. The number of carbonyl (C=O) groups is 1. The minimum atomic E-state index is -3.82. The first-order valence-electron chi connectivity index (χ1n) is 10.3. The zero-order valence-corrected chi connectivity index (χ0v) is 18.9. The van der Waals surface area contributed by atoms with Gasteiger partial charge in [0.25, 0.3) is 5.91 Å². The van der Waals surface area contributed by atoms with Crippen molar-refractivity contribution in [1.82, 2.24) is 29.8 Å². The van der Waals surface area contributed by atoms with Gasteiger partial charge in [0.2, 0.25) is 15.8 Å². The Morgan fingerprint density at radius 1 is 0.939 bits per heavy atom. The number of amides is 1. The molecule has 1 N–H and O–H groups in total. The maximum atomic E-state index is 13.4. The average molecular weight is 483 g/mol. The third-order valence-corrected chi connectivity index (χ3v) is 7.95. The van der Waals surface area contributed by atoms with Gasteiger partial charge in [-0.25, -0.2) is 8.42 Å². The maximum absolute atomic E-state index is 13.4. The van der Waals surface area contributed by atoms with Crippen LogP contribution in [0.4, 0.5) is 0 Å². The van der Waals surface area contributed by atoms with E-state index >= 15 is 0 Å². The van der Waals surface area contributed by atoms with Crippen LogP contribution in [0.2, 0.25) is 5.02 Å².